The van der Waals surface area contributed by atoms with E-state index in [1.807, 2.05) is 13.3 Å². The molecule has 0 unspecified atom stereocenters. The van der Waals surface area contributed by atoms with Crippen molar-refractivity contribution in [3.8, 4) is 0 Å². The second-order valence-corrected chi connectivity index (χ2v) is 9.82. The van der Waals surface area contributed by atoms with E-state index in [-0.39, 0.29) is 11.9 Å². The van der Waals surface area contributed by atoms with Crippen LogP contribution in [0.5, 0.6) is 0 Å². The highest BCUT2D eigenvalue weighted by Gasteiger charge is 2.48. The Hall–Kier alpha value is 0.240. The van der Waals surface area contributed by atoms with Crippen molar-refractivity contribution in [1.82, 2.24) is 10.2 Å². The predicted molar refractivity (Wildman–Crippen MR) is 111 cm³/mol. The first-order chi connectivity index (χ1) is 12.7. The topological polar surface area (TPSA) is 82.0 Å². The fourth-order valence-corrected chi connectivity index (χ4v) is 5.47. The molecule has 2 rings (SSSR count). The number of amides is 1. The number of nitrogens with one attached hydrogen (secondary N) is 1. The van der Waals surface area contributed by atoms with Crippen molar-refractivity contribution in [1.29, 1.82) is 0 Å². The highest BCUT2D eigenvalue weighted by Crippen LogP contribution is 2.33. The van der Waals surface area contributed by atoms with Crippen LogP contribution in [0.2, 0.25) is 0 Å². The quantitative estimate of drug-likeness (QED) is 0.519. The standard InChI is InChI=1S/C18H32Cl2N2O4S/c1-5-6-10-7-11(22(3)8-10)17(25)21-13(9(2)19)16-15(24)14(23)12(20)18(26-16)27-4/h9-16,18,23-24H,5-8H2,1-4H3,(H,21,25)/t9-,10+,11-,12+,13+,14+,15+,16+,18+/m0/s1. The van der Waals surface area contributed by atoms with Crippen molar-refractivity contribution in [2.75, 3.05) is 19.8 Å². The number of aliphatic hydroxyl groups is 2. The average Bonchev–Trinajstić information content (AvgIpc) is 2.99. The maximum Gasteiger partial charge on any atom is 0.237 e. The fourth-order valence-electron chi connectivity index (χ4n) is 4.08. The van der Waals surface area contributed by atoms with Gasteiger partial charge in [0, 0.05) is 6.54 Å². The van der Waals surface area contributed by atoms with Crippen LogP contribution in [-0.2, 0) is 9.53 Å². The summed E-state index contributed by atoms with van der Waals surface area (Å²) in [5.74, 6) is 0.395. The minimum atomic E-state index is -1.23. The smallest absolute Gasteiger partial charge is 0.237 e. The van der Waals surface area contributed by atoms with Gasteiger partial charge in [-0.3, -0.25) is 9.69 Å². The van der Waals surface area contributed by atoms with Gasteiger partial charge >= 0.3 is 0 Å². The lowest BCUT2D eigenvalue weighted by atomic mass is 9.93. The molecule has 0 aromatic carbocycles. The van der Waals surface area contributed by atoms with E-state index >= 15 is 0 Å². The second kappa shape index (κ2) is 10.3. The van der Waals surface area contributed by atoms with Crippen LogP contribution in [0.25, 0.3) is 0 Å². The molecule has 0 aromatic rings. The monoisotopic (exact) mass is 442 g/mol. The third kappa shape index (κ3) is 5.44. The molecule has 2 saturated heterocycles. The van der Waals surface area contributed by atoms with Gasteiger partial charge in [-0.1, -0.05) is 13.3 Å². The first kappa shape index (κ1) is 23.5. The molecule has 0 spiro atoms. The summed E-state index contributed by atoms with van der Waals surface area (Å²) in [4.78, 5) is 15.0. The van der Waals surface area contributed by atoms with Gasteiger partial charge < -0.3 is 20.3 Å². The molecular formula is C18H32Cl2N2O4S. The van der Waals surface area contributed by atoms with Gasteiger partial charge in [-0.25, -0.2) is 0 Å². The van der Waals surface area contributed by atoms with E-state index in [4.69, 9.17) is 27.9 Å². The van der Waals surface area contributed by atoms with Gasteiger partial charge in [0.05, 0.1) is 22.8 Å². The number of rotatable bonds is 7. The van der Waals surface area contributed by atoms with Crippen LogP contribution in [0.4, 0.5) is 0 Å². The molecule has 2 heterocycles. The van der Waals surface area contributed by atoms with Crippen molar-refractivity contribution in [3.63, 3.8) is 0 Å². The zero-order valence-corrected chi connectivity index (χ0v) is 18.7. The number of alkyl halides is 2. The van der Waals surface area contributed by atoms with Gasteiger partial charge in [0.2, 0.25) is 5.91 Å². The van der Waals surface area contributed by atoms with E-state index in [1.54, 1.807) is 6.92 Å². The molecule has 0 radical (unpaired) electrons. The van der Waals surface area contributed by atoms with Crippen molar-refractivity contribution >= 4 is 40.9 Å². The van der Waals surface area contributed by atoms with E-state index in [9.17, 15) is 15.0 Å². The van der Waals surface area contributed by atoms with E-state index < -0.39 is 40.5 Å². The lowest BCUT2D eigenvalue weighted by Crippen LogP contribution is -2.64. The lowest BCUT2D eigenvalue weighted by molar-refractivity contribution is -0.156. The number of ether oxygens (including phenoxy) is 1. The second-order valence-electron chi connectivity index (χ2n) is 7.69. The molecule has 0 saturated carbocycles. The Morgan fingerprint density at radius 1 is 1.41 bits per heavy atom. The molecule has 9 atom stereocenters. The Morgan fingerprint density at radius 2 is 2.07 bits per heavy atom. The number of nitrogens with zero attached hydrogens (tertiary/aromatic N) is 1. The number of likely N-dealkylation sites (tertiary alicyclic amines) is 1. The number of hydrogen-bond acceptors (Lipinski definition) is 6. The van der Waals surface area contributed by atoms with Crippen LogP contribution in [0.1, 0.15) is 33.1 Å². The first-order valence-electron chi connectivity index (χ1n) is 9.54. The molecule has 3 N–H and O–H groups in total. The fraction of sp³-hybridized carbons (Fsp3) is 0.944. The number of carbonyl (C=O) groups is 1. The number of carbonyl (C=O) groups excluding carboxylic acids is 1. The SMILES string of the molecule is CCC[C@@H]1C[C@@H](C(=O)N[C@@H]([C@H]2O[C@H](SC)[C@H](Cl)[C@@H](O)[C@H]2O)[C@H](C)Cl)N(C)C1. The summed E-state index contributed by atoms with van der Waals surface area (Å²) >= 11 is 13.9. The summed E-state index contributed by atoms with van der Waals surface area (Å²) in [5.41, 5.74) is -0.493. The molecule has 9 heteroatoms. The third-order valence-corrected chi connectivity index (χ3v) is 7.37. The Morgan fingerprint density at radius 3 is 2.63 bits per heavy atom. The number of halogens is 2. The van der Waals surface area contributed by atoms with Crippen LogP contribution >= 0.6 is 35.0 Å². The van der Waals surface area contributed by atoms with E-state index in [0.29, 0.717) is 5.92 Å². The molecule has 1 amide bonds. The Kier molecular flexibility index (Phi) is 8.99. The summed E-state index contributed by atoms with van der Waals surface area (Å²) in [6.07, 6.45) is 1.63. The van der Waals surface area contributed by atoms with Gasteiger partial charge in [-0.05, 0) is 39.0 Å². The van der Waals surface area contributed by atoms with Crippen LogP contribution in [0, 0.1) is 5.92 Å². The van der Waals surface area contributed by atoms with Crippen LogP contribution < -0.4 is 5.32 Å². The minimum absolute atomic E-state index is 0.118. The van der Waals surface area contributed by atoms with E-state index in [2.05, 4.69) is 17.1 Å². The average molecular weight is 443 g/mol. The number of hydrogen-bond donors (Lipinski definition) is 3. The summed E-state index contributed by atoms with van der Waals surface area (Å²) in [6.45, 7) is 4.79. The Labute approximate surface area is 176 Å². The largest absolute Gasteiger partial charge is 0.389 e. The van der Waals surface area contributed by atoms with Gasteiger partial charge in [0.15, 0.2) is 0 Å². The van der Waals surface area contributed by atoms with Gasteiger partial charge in [-0.2, -0.15) is 0 Å². The molecular weight excluding hydrogens is 411 g/mol. The van der Waals surface area contributed by atoms with Gasteiger partial charge in [0.25, 0.3) is 0 Å². The van der Waals surface area contributed by atoms with Gasteiger partial charge in [-0.15, -0.1) is 35.0 Å². The molecule has 2 aliphatic rings. The third-order valence-electron chi connectivity index (χ3n) is 5.59. The lowest BCUT2D eigenvalue weighted by Gasteiger charge is -2.44. The summed E-state index contributed by atoms with van der Waals surface area (Å²) in [6, 6.07) is -0.858. The van der Waals surface area contributed by atoms with Crippen molar-refractivity contribution in [3.05, 3.63) is 0 Å². The first-order valence-corrected chi connectivity index (χ1v) is 11.7. The summed E-state index contributed by atoms with van der Waals surface area (Å²) in [7, 11) is 1.95. The van der Waals surface area contributed by atoms with Gasteiger partial charge in [0.1, 0.15) is 23.7 Å². The van der Waals surface area contributed by atoms with Crippen molar-refractivity contribution in [2.45, 2.75) is 79.7 Å². The maximum absolute atomic E-state index is 12.9. The molecule has 0 bridgehead atoms. The molecule has 6 nitrogen and oxygen atoms in total. The van der Waals surface area contributed by atoms with E-state index in [0.717, 1.165) is 25.8 Å². The number of likely N-dealkylation sites (N-methyl/N-ethyl adjacent to an activating group) is 1. The van der Waals surface area contributed by atoms with Crippen molar-refractivity contribution in [2.24, 2.45) is 5.92 Å². The molecule has 158 valence electrons. The molecule has 2 aliphatic heterocycles. The summed E-state index contributed by atoms with van der Waals surface area (Å²) < 4.78 is 5.91. The minimum Gasteiger partial charge on any atom is -0.389 e. The van der Waals surface area contributed by atoms with Crippen LogP contribution in [0.15, 0.2) is 0 Å². The normalized spacial score (nSPS) is 39.9. The molecule has 0 aromatic heterocycles. The zero-order valence-electron chi connectivity index (χ0n) is 16.3. The number of aliphatic hydroxyl groups excluding tert-OH is 2. The summed E-state index contributed by atoms with van der Waals surface area (Å²) in [5, 5.41) is 22.5. The van der Waals surface area contributed by atoms with Crippen LogP contribution in [0.3, 0.4) is 0 Å². The molecule has 0 aliphatic carbocycles. The van der Waals surface area contributed by atoms with Crippen molar-refractivity contribution < 1.29 is 19.7 Å². The Bertz CT molecular complexity index is 500. The molecule has 2 fully saturated rings. The van der Waals surface area contributed by atoms with E-state index in [1.165, 1.54) is 11.8 Å². The maximum atomic E-state index is 12.9. The van der Waals surface area contributed by atoms with Crippen LogP contribution in [-0.4, -0.2) is 87.5 Å². The Balaban J connectivity index is 2.09. The highest BCUT2D eigenvalue weighted by molar-refractivity contribution is 7.99. The molecule has 27 heavy (non-hydrogen) atoms. The highest BCUT2D eigenvalue weighted by atomic mass is 35.5. The predicted octanol–water partition coefficient (Wildman–Crippen LogP) is 1.64. The number of thioether (sulfide) groups is 1. The zero-order chi connectivity index (χ0) is 20.3.